The molecule has 0 spiro atoms. The van der Waals surface area contributed by atoms with Crippen molar-refractivity contribution < 1.29 is 0 Å². The van der Waals surface area contributed by atoms with Crippen molar-refractivity contribution in [1.82, 2.24) is 4.90 Å². The van der Waals surface area contributed by atoms with Crippen molar-refractivity contribution in [3.05, 3.63) is 23.9 Å². The lowest BCUT2D eigenvalue weighted by Crippen LogP contribution is -2.37. The van der Waals surface area contributed by atoms with Crippen LogP contribution in [0.4, 0.5) is 0 Å². The molecule has 0 aromatic rings. The lowest BCUT2D eigenvalue weighted by atomic mass is 9.82. The van der Waals surface area contributed by atoms with E-state index in [1.54, 1.807) is 0 Å². The molecular weight excluding hydrogens is 170 g/mol. The second kappa shape index (κ2) is 4.20. The highest BCUT2D eigenvalue weighted by molar-refractivity contribution is 5.19. The summed E-state index contributed by atoms with van der Waals surface area (Å²) in [6.07, 6.45) is 14.0. The third-order valence-electron chi connectivity index (χ3n) is 3.78. The van der Waals surface area contributed by atoms with E-state index in [2.05, 4.69) is 37.1 Å². The van der Waals surface area contributed by atoms with Crippen LogP contribution in [0.3, 0.4) is 0 Å². The number of hydrogen-bond donors (Lipinski definition) is 0. The molecule has 0 aromatic carbocycles. The molecule has 0 N–H and O–H groups in total. The van der Waals surface area contributed by atoms with Gasteiger partial charge in [0.15, 0.2) is 0 Å². The molecule has 1 aliphatic carbocycles. The number of nitrogens with zero attached hydrogens (tertiary/aromatic N) is 1. The van der Waals surface area contributed by atoms with Crippen molar-refractivity contribution in [2.24, 2.45) is 5.92 Å². The fraction of sp³-hybridized carbons (Fsp3) is 0.692. The quantitative estimate of drug-likeness (QED) is 0.614. The highest BCUT2D eigenvalue weighted by Gasteiger charge is 2.25. The third kappa shape index (κ3) is 1.87. The van der Waals surface area contributed by atoms with Gasteiger partial charge in [0.25, 0.3) is 0 Å². The maximum atomic E-state index is 2.44. The van der Waals surface area contributed by atoms with Gasteiger partial charge in [0.2, 0.25) is 0 Å². The van der Waals surface area contributed by atoms with Crippen molar-refractivity contribution in [2.75, 3.05) is 7.05 Å². The Morgan fingerprint density at radius 2 is 1.93 bits per heavy atom. The minimum Gasteiger partial charge on any atom is -0.371 e. The Kier molecular flexibility index (Phi) is 2.95. The lowest BCUT2D eigenvalue weighted by Gasteiger charge is -2.38. The number of likely N-dealkylation sites (N-methyl/N-ethyl adjacent to an activating group) is 1. The summed E-state index contributed by atoms with van der Waals surface area (Å²) in [4.78, 5) is 2.44. The van der Waals surface area contributed by atoms with Crippen LogP contribution in [0, 0.1) is 5.92 Å². The Bertz CT molecular complexity index is 246. The van der Waals surface area contributed by atoms with Gasteiger partial charge < -0.3 is 4.90 Å². The fourth-order valence-corrected chi connectivity index (χ4v) is 2.74. The first-order chi connectivity index (χ1) is 6.79. The first kappa shape index (κ1) is 9.82. The summed E-state index contributed by atoms with van der Waals surface area (Å²) in [6.45, 7) is 2.21. The van der Waals surface area contributed by atoms with E-state index >= 15 is 0 Å². The van der Waals surface area contributed by atoms with Gasteiger partial charge in [0.1, 0.15) is 0 Å². The van der Waals surface area contributed by atoms with E-state index in [4.69, 9.17) is 0 Å². The van der Waals surface area contributed by atoms with Gasteiger partial charge in [0, 0.05) is 18.8 Å². The van der Waals surface area contributed by atoms with Crippen LogP contribution in [0.25, 0.3) is 0 Å². The maximum Gasteiger partial charge on any atom is 0.0497 e. The summed E-state index contributed by atoms with van der Waals surface area (Å²) in [5.74, 6) is 0.897. The molecule has 1 atom stereocenters. The molecule has 1 nitrogen and oxygen atoms in total. The van der Waals surface area contributed by atoms with Crippen LogP contribution in [-0.4, -0.2) is 18.0 Å². The summed E-state index contributed by atoms with van der Waals surface area (Å²) in [5.41, 5.74) is 1.41. The average Bonchev–Trinajstić information content (AvgIpc) is 2.23. The van der Waals surface area contributed by atoms with E-state index in [9.17, 15) is 0 Å². The van der Waals surface area contributed by atoms with E-state index < -0.39 is 0 Å². The molecule has 2 rings (SSSR count). The summed E-state index contributed by atoms with van der Waals surface area (Å²) in [7, 11) is 2.23. The molecule has 1 aliphatic heterocycles. The van der Waals surface area contributed by atoms with Crippen molar-refractivity contribution in [1.29, 1.82) is 0 Å². The highest BCUT2D eigenvalue weighted by Crippen LogP contribution is 2.31. The summed E-state index contributed by atoms with van der Waals surface area (Å²) in [6, 6.07) is 0.667. The zero-order valence-electron chi connectivity index (χ0n) is 9.37. The van der Waals surface area contributed by atoms with Gasteiger partial charge in [-0.1, -0.05) is 31.4 Å². The molecule has 0 amide bonds. The van der Waals surface area contributed by atoms with Crippen molar-refractivity contribution in [2.45, 2.75) is 45.1 Å². The largest absolute Gasteiger partial charge is 0.371 e. The van der Waals surface area contributed by atoms with Gasteiger partial charge in [-0.3, -0.25) is 0 Å². The smallest absolute Gasteiger partial charge is 0.0497 e. The van der Waals surface area contributed by atoms with E-state index in [1.165, 1.54) is 37.8 Å². The molecule has 0 aromatic heterocycles. The van der Waals surface area contributed by atoms with Crippen molar-refractivity contribution in [3.63, 3.8) is 0 Å². The zero-order valence-corrected chi connectivity index (χ0v) is 9.37. The van der Waals surface area contributed by atoms with Crippen LogP contribution in [-0.2, 0) is 0 Å². The zero-order chi connectivity index (χ0) is 9.97. The van der Waals surface area contributed by atoms with Crippen molar-refractivity contribution >= 4 is 0 Å². The molecular formula is C13H21N. The monoisotopic (exact) mass is 191 g/mol. The first-order valence-corrected chi connectivity index (χ1v) is 5.87. The van der Waals surface area contributed by atoms with Gasteiger partial charge in [0.05, 0.1) is 0 Å². The standard InChI is InChI=1S/C13H21N/c1-11-7-6-10-13(14(11)2)12-8-4-3-5-9-12/h6-7,10,12-13H,3-5,8-9H2,1-2H3. The van der Waals surface area contributed by atoms with Gasteiger partial charge >= 0.3 is 0 Å². The van der Waals surface area contributed by atoms with Crippen molar-refractivity contribution in [3.8, 4) is 0 Å². The maximum absolute atomic E-state index is 2.44. The van der Waals surface area contributed by atoms with Crippen LogP contribution in [0.1, 0.15) is 39.0 Å². The van der Waals surface area contributed by atoms with E-state index in [-0.39, 0.29) is 0 Å². The molecule has 14 heavy (non-hydrogen) atoms. The summed E-state index contributed by atoms with van der Waals surface area (Å²) in [5, 5.41) is 0. The number of allylic oxidation sites excluding steroid dienone is 3. The van der Waals surface area contributed by atoms with Crippen LogP contribution < -0.4 is 0 Å². The molecule has 1 saturated carbocycles. The van der Waals surface area contributed by atoms with E-state index in [0.717, 1.165) is 5.92 Å². The Labute approximate surface area is 87.5 Å². The molecule has 1 heteroatoms. The normalized spacial score (nSPS) is 29.1. The van der Waals surface area contributed by atoms with Gasteiger partial charge in [-0.05, 0) is 31.8 Å². The van der Waals surface area contributed by atoms with Crippen LogP contribution >= 0.6 is 0 Å². The Hall–Kier alpha value is -0.720. The van der Waals surface area contributed by atoms with Gasteiger partial charge in [-0.2, -0.15) is 0 Å². The van der Waals surface area contributed by atoms with Crippen LogP contribution in [0.5, 0.6) is 0 Å². The van der Waals surface area contributed by atoms with E-state index in [0.29, 0.717) is 6.04 Å². The van der Waals surface area contributed by atoms with Gasteiger partial charge in [-0.15, -0.1) is 0 Å². The molecule has 0 radical (unpaired) electrons. The summed E-state index contributed by atoms with van der Waals surface area (Å²) < 4.78 is 0. The first-order valence-electron chi connectivity index (χ1n) is 5.87. The number of hydrogen-bond acceptors (Lipinski definition) is 1. The fourth-order valence-electron chi connectivity index (χ4n) is 2.74. The topological polar surface area (TPSA) is 3.24 Å². The Morgan fingerprint density at radius 3 is 2.64 bits per heavy atom. The Morgan fingerprint density at radius 1 is 1.21 bits per heavy atom. The molecule has 78 valence electrons. The Balaban J connectivity index is 2.03. The van der Waals surface area contributed by atoms with Crippen LogP contribution in [0.15, 0.2) is 23.9 Å². The molecule has 1 fully saturated rings. The molecule has 0 saturated heterocycles. The predicted octanol–water partition coefficient (Wildman–Crippen LogP) is 3.34. The lowest BCUT2D eigenvalue weighted by molar-refractivity contribution is 0.210. The molecule has 0 bridgehead atoms. The SMILES string of the molecule is CC1=CC=CC(C2CCCCC2)N1C. The average molecular weight is 191 g/mol. The molecule has 2 aliphatic rings. The third-order valence-corrected chi connectivity index (χ3v) is 3.78. The van der Waals surface area contributed by atoms with Gasteiger partial charge in [-0.25, -0.2) is 0 Å². The van der Waals surface area contributed by atoms with E-state index in [1.807, 2.05) is 0 Å². The second-order valence-corrected chi connectivity index (χ2v) is 4.69. The molecule has 1 unspecified atom stereocenters. The number of rotatable bonds is 1. The highest BCUT2D eigenvalue weighted by atomic mass is 15.1. The molecule has 1 heterocycles. The second-order valence-electron chi connectivity index (χ2n) is 4.69. The minimum atomic E-state index is 0.667. The summed E-state index contributed by atoms with van der Waals surface area (Å²) >= 11 is 0. The minimum absolute atomic E-state index is 0.667. The van der Waals surface area contributed by atoms with Crippen LogP contribution in [0.2, 0.25) is 0 Å². The predicted molar refractivity (Wildman–Crippen MR) is 61.0 cm³/mol.